The van der Waals surface area contributed by atoms with E-state index in [1.807, 2.05) is 0 Å². The number of anilines is 1. The highest BCUT2D eigenvalue weighted by Crippen LogP contribution is 2.30. The summed E-state index contributed by atoms with van der Waals surface area (Å²) in [6.45, 7) is 0. The van der Waals surface area contributed by atoms with Gasteiger partial charge in [0.2, 0.25) is 0 Å². The van der Waals surface area contributed by atoms with Crippen molar-refractivity contribution in [3.63, 3.8) is 0 Å². The molecule has 0 saturated carbocycles. The van der Waals surface area contributed by atoms with E-state index in [1.165, 1.54) is 24.4 Å². The summed E-state index contributed by atoms with van der Waals surface area (Å²) in [6.07, 6.45) is 2.50. The molecule has 0 amide bonds. The van der Waals surface area contributed by atoms with Crippen LogP contribution in [0.2, 0.25) is 0 Å². The van der Waals surface area contributed by atoms with Gasteiger partial charge in [0.25, 0.3) is 0 Å². The van der Waals surface area contributed by atoms with Crippen LogP contribution in [0.15, 0.2) is 51.3 Å². The molecule has 0 saturated heterocycles. The predicted octanol–water partition coefficient (Wildman–Crippen LogP) is 1.92. The van der Waals surface area contributed by atoms with E-state index in [1.54, 1.807) is 12.1 Å². The van der Waals surface area contributed by atoms with Gasteiger partial charge < -0.3 is 10.8 Å². The highest BCUT2D eigenvalue weighted by Gasteiger charge is 2.14. The number of hydrogen-bond acceptors (Lipinski definition) is 6. The lowest BCUT2D eigenvalue weighted by Gasteiger charge is -2.06. The predicted molar refractivity (Wildman–Crippen MR) is 79.3 cm³/mol. The van der Waals surface area contributed by atoms with Gasteiger partial charge >= 0.3 is 5.97 Å². The maximum absolute atomic E-state index is 11.4. The van der Waals surface area contributed by atoms with Crippen LogP contribution >= 0.6 is 11.8 Å². The minimum absolute atomic E-state index is 0.00666. The Morgan fingerprint density at radius 1 is 1.29 bits per heavy atom. The summed E-state index contributed by atoms with van der Waals surface area (Å²) in [4.78, 5) is 16.1. The second-order valence-electron chi connectivity index (χ2n) is 4.27. The summed E-state index contributed by atoms with van der Waals surface area (Å²) >= 11 is 1.13. The lowest BCUT2D eigenvalue weighted by molar-refractivity contribution is 0.0692. The average molecular weight is 324 g/mol. The minimum Gasteiger partial charge on any atom is -0.478 e. The maximum Gasteiger partial charge on any atom is 0.338 e. The second kappa shape index (κ2) is 5.74. The van der Waals surface area contributed by atoms with E-state index in [0.29, 0.717) is 9.92 Å². The highest BCUT2D eigenvalue weighted by atomic mass is 32.2. The largest absolute Gasteiger partial charge is 0.478 e. The van der Waals surface area contributed by atoms with Crippen LogP contribution in [0.3, 0.4) is 0 Å². The standard InChI is InChI=1S/C13H12N2O4S2/c1-21(18,19)10-4-2-9(3-5-10)20-12-11(13(16)17)6-8(14)7-15-12/h2-7H,14H2,1H3,(H,16,17). The van der Waals surface area contributed by atoms with E-state index >= 15 is 0 Å². The lowest BCUT2D eigenvalue weighted by Crippen LogP contribution is -2.02. The van der Waals surface area contributed by atoms with Gasteiger partial charge in [0, 0.05) is 11.2 Å². The van der Waals surface area contributed by atoms with Crippen LogP contribution in [0.1, 0.15) is 10.4 Å². The van der Waals surface area contributed by atoms with Crippen molar-refractivity contribution in [1.29, 1.82) is 0 Å². The van der Waals surface area contributed by atoms with Crippen molar-refractivity contribution >= 4 is 33.3 Å². The molecule has 0 aliphatic carbocycles. The monoisotopic (exact) mass is 324 g/mol. The fraction of sp³-hybridized carbons (Fsp3) is 0.0769. The average Bonchev–Trinajstić information content (AvgIpc) is 2.40. The fourth-order valence-corrected chi connectivity index (χ4v) is 3.06. The zero-order valence-electron chi connectivity index (χ0n) is 11.0. The van der Waals surface area contributed by atoms with Gasteiger partial charge in [-0.2, -0.15) is 0 Å². The molecule has 6 nitrogen and oxygen atoms in total. The molecule has 0 radical (unpaired) electrons. The van der Waals surface area contributed by atoms with Crippen LogP contribution in [0.25, 0.3) is 0 Å². The first-order valence-electron chi connectivity index (χ1n) is 5.74. The molecule has 0 aliphatic heterocycles. The molecule has 8 heteroatoms. The Morgan fingerprint density at radius 3 is 2.43 bits per heavy atom. The van der Waals surface area contributed by atoms with E-state index in [0.717, 1.165) is 18.0 Å². The molecular formula is C13H12N2O4S2. The smallest absolute Gasteiger partial charge is 0.338 e. The molecule has 21 heavy (non-hydrogen) atoms. The molecule has 1 aromatic carbocycles. The number of nitrogens with two attached hydrogens (primary N) is 1. The lowest BCUT2D eigenvalue weighted by atomic mass is 10.3. The van der Waals surface area contributed by atoms with E-state index < -0.39 is 15.8 Å². The normalized spacial score (nSPS) is 11.3. The van der Waals surface area contributed by atoms with Crippen molar-refractivity contribution in [2.24, 2.45) is 0 Å². The number of carboxylic acid groups (broad SMARTS) is 1. The van der Waals surface area contributed by atoms with Crippen molar-refractivity contribution in [1.82, 2.24) is 4.98 Å². The van der Waals surface area contributed by atoms with Gasteiger partial charge in [-0.05, 0) is 30.3 Å². The molecule has 0 spiro atoms. The molecule has 2 rings (SSSR count). The van der Waals surface area contributed by atoms with Crippen LogP contribution < -0.4 is 5.73 Å². The van der Waals surface area contributed by atoms with Gasteiger partial charge in [0.1, 0.15) is 5.03 Å². The first-order valence-corrected chi connectivity index (χ1v) is 8.45. The Morgan fingerprint density at radius 2 is 1.90 bits per heavy atom. The molecule has 3 N–H and O–H groups in total. The summed E-state index contributed by atoms with van der Waals surface area (Å²) in [5.74, 6) is -1.12. The van der Waals surface area contributed by atoms with Gasteiger partial charge in [-0.1, -0.05) is 11.8 Å². The minimum atomic E-state index is -3.26. The number of hydrogen-bond donors (Lipinski definition) is 2. The molecule has 2 aromatic rings. The van der Waals surface area contributed by atoms with E-state index in [-0.39, 0.29) is 16.1 Å². The number of aromatic carboxylic acids is 1. The van der Waals surface area contributed by atoms with Crippen LogP contribution in [0.4, 0.5) is 5.69 Å². The first-order chi connectivity index (χ1) is 9.77. The number of sulfone groups is 1. The molecule has 0 bridgehead atoms. The van der Waals surface area contributed by atoms with Gasteiger partial charge in [0.05, 0.1) is 22.3 Å². The maximum atomic E-state index is 11.4. The molecule has 0 aliphatic rings. The van der Waals surface area contributed by atoms with Crippen molar-refractivity contribution < 1.29 is 18.3 Å². The van der Waals surface area contributed by atoms with Gasteiger partial charge in [-0.25, -0.2) is 18.2 Å². The Labute approximate surface area is 125 Å². The third-order valence-electron chi connectivity index (χ3n) is 2.57. The third kappa shape index (κ3) is 3.73. The number of pyridine rings is 1. The van der Waals surface area contributed by atoms with Crippen molar-refractivity contribution in [3.8, 4) is 0 Å². The van der Waals surface area contributed by atoms with Gasteiger partial charge in [-0.15, -0.1) is 0 Å². The Hall–Kier alpha value is -2.06. The van der Waals surface area contributed by atoms with Crippen LogP contribution in [0, 0.1) is 0 Å². The molecule has 1 heterocycles. The Bertz CT molecular complexity index is 786. The molecule has 1 aromatic heterocycles. The third-order valence-corrected chi connectivity index (χ3v) is 4.72. The number of nitrogens with zero attached hydrogens (tertiary/aromatic N) is 1. The summed E-state index contributed by atoms with van der Waals surface area (Å²) in [7, 11) is -3.26. The Balaban J connectivity index is 2.33. The van der Waals surface area contributed by atoms with E-state index in [2.05, 4.69) is 4.98 Å². The van der Waals surface area contributed by atoms with Gasteiger partial charge in [-0.3, -0.25) is 0 Å². The van der Waals surface area contributed by atoms with E-state index in [9.17, 15) is 13.2 Å². The summed E-state index contributed by atoms with van der Waals surface area (Å²) in [5.41, 5.74) is 5.80. The molecule has 110 valence electrons. The fourth-order valence-electron chi connectivity index (χ4n) is 1.57. The van der Waals surface area contributed by atoms with Crippen molar-refractivity contribution in [3.05, 3.63) is 42.1 Å². The van der Waals surface area contributed by atoms with Crippen LogP contribution in [-0.4, -0.2) is 30.7 Å². The molecular weight excluding hydrogens is 312 g/mol. The van der Waals surface area contributed by atoms with Gasteiger partial charge in [0.15, 0.2) is 9.84 Å². The number of rotatable bonds is 4. The zero-order chi connectivity index (χ0) is 15.6. The number of aromatic nitrogens is 1. The topological polar surface area (TPSA) is 110 Å². The summed E-state index contributed by atoms with van der Waals surface area (Å²) < 4.78 is 22.7. The molecule has 0 atom stereocenters. The number of benzene rings is 1. The second-order valence-corrected chi connectivity index (χ2v) is 7.35. The zero-order valence-corrected chi connectivity index (χ0v) is 12.6. The van der Waals surface area contributed by atoms with Crippen molar-refractivity contribution in [2.45, 2.75) is 14.8 Å². The SMILES string of the molecule is CS(=O)(=O)c1ccc(Sc2ncc(N)cc2C(=O)O)cc1. The van der Waals surface area contributed by atoms with E-state index in [4.69, 9.17) is 10.8 Å². The highest BCUT2D eigenvalue weighted by molar-refractivity contribution is 7.99. The first kappa shape index (κ1) is 15.3. The van der Waals surface area contributed by atoms with Crippen molar-refractivity contribution in [2.75, 3.05) is 12.0 Å². The van der Waals surface area contributed by atoms with Crippen LogP contribution in [0.5, 0.6) is 0 Å². The number of carboxylic acids is 1. The number of nitrogen functional groups attached to an aromatic ring is 1. The number of carbonyl (C=O) groups is 1. The molecule has 0 unspecified atom stereocenters. The summed E-state index contributed by atoms with van der Waals surface area (Å²) in [5, 5.41) is 9.43. The molecule has 0 fully saturated rings. The summed E-state index contributed by atoms with van der Waals surface area (Å²) in [6, 6.07) is 7.47. The quantitative estimate of drug-likeness (QED) is 0.883. The Kier molecular flexibility index (Phi) is 4.19. The van der Waals surface area contributed by atoms with Crippen LogP contribution in [-0.2, 0) is 9.84 Å².